The van der Waals surface area contributed by atoms with E-state index in [0.29, 0.717) is 5.69 Å². The molecule has 1 amide bonds. The molecule has 0 radical (unpaired) electrons. The van der Waals surface area contributed by atoms with Crippen LogP contribution in [0.4, 0.5) is 23.2 Å². The minimum absolute atomic E-state index is 0.0369. The molecule has 4 N–H and O–H groups in total. The van der Waals surface area contributed by atoms with Gasteiger partial charge in [-0.1, -0.05) is 31.2 Å². The van der Waals surface area contributed by atoms with Crippen LogP contribution in [0.25, 0.3) is 10.8 Å². The van der Waals surface area contributed by atoms with Gasteiger partial charge in [-0.05, 0) is 54.6 Å². The number of carbonyl (C=O) groups is 3. The lowest BCUT2D eigenvalue weighted by atomic mass is 9.93. The molecule has 5 rings (SSSR count). The third kappa shape index (κ3) is 8.77. The number of amides is 1. The predicted molar refractivity (Wildman–Crippen MR) is 183 cm³/mol. The summed E-state index contributed by atoms with van der Waals surface area (Å²) in [6, 6.07) is 12.7. The number of carbonyl (C=O) groups excluding carboxylic acids is 1. The van der Waals surface area contributed by atoms with Crippen LogP contribution in [0.1, 0.15) is 43.5 Å². The van der Waals surface area contributed by atoms with Gasteiger partial charge in [0.1, 0.15) is 5.82 Å². The smallest absolute Gasteiger partial charge is 0.490 e. The molecule has 1 fully saturated rings. The van der Waals surface area contributed by atoms with Crippen molar-refractivity contribution in [3.8, 4) is 11.5 Å². The highest BCUT2D eigenvalue weighted by Gasteiger charge is 2.47. The summed E-state index contributed by atoms with van der Waals surface area (Å²) < 4.78 is 85.0. The Morgan fingerprint density at radius 1 is 1.04 bits per heavy atom. The number of carboxylic acid groups (broad SMARTS) is 2. The highest BCUT2D eigenvalue weighted by Crippen LogP contribution is 2.44. The Labute approximate surface area is 301 Å². The second-order valence-electron chi connectivity index (χ2n) is 11.6. The molecule has 2 heterocycles. The number of nitrogens with zero attached hydrogens (tertiary/aromatic N) is 3. The summed E-state index contributed by atoms with van der Waals surface area (Å²) in [7, 11) is -2.44. The molecule has 1 aliphatic rings. The predicted octanol–water partition coefficient (Wildman–Crippen LogP) is 5.30. The summed E-state index contributed by atoms with van der Waals surface area (Å²) in [6.07, 6.45) is -1.76. The van der Waals surface area contributed by atoms with Crippen molar-refractivity contribution in [3.05, 3.63) is 90.0 Å². The van der Waals surface area contributed by atoms with Gasteiger partial charge in [-0.25, -0.2) is 23.4 Å². The van der Waals surface area contributed by atoms with Gasteiger partial charge in [-0.15, -0.1) is 0 Å². The molecule has 1 saturated heterocycles. The van der Waals surface area contributed by atoms with Crippen molar-refractivity contribution in [1.82, 2.24) is 9.88 Å². The molecule has 4 aromatic rings. The number of methoxy groups -OCH3 is 1. The molecule has 0 unspecified atom stereocenters. The lowest BCUT2D eigenvalue weighted by molar-refractivity contribution is -0.192. The summed E-state index contributed by atoms with van der Waals surface area (Å²) in [5.41, 5.74) is 0.400. The van der Waals surface area contributed by atoms with Crippen LogP contribution in [-0.4, -0.2) is 78.6 Å². The molecule has 284 valence electrons. The number of aliphatic carboxylic acids is 2. The van der Waals surface area contributed by atoms with Crippen molar-refractivity contribution in [2.75, 3.05) is 31.0 Å². The third-order valence-corrected chi connectivity index (χ3v) is 10.3. The van der Waals surface area contributed by atoms with Crippen LogP contribution in [0.5, 0.6) is 11.5 Å². The molecule has 1 aliphatic heterocycles. The average molecular weight is 765 g/mol. The van der Waals surface area contributed by atoms with Gasteiger partial charge in [-0.3, -0.25) is 19.6 Å². The van der Waals surface area contributed by atoms with Gasteiger partial charge in [-0.2, -0.15) is 13.2 Å². The Morgan fingerprint density at radius 2 is 1.72 bits per heavy atom. The second-order valence-corrected chi connectivity index (χ2v) is 13.9. The number of carboxylic acids is 2. The number of rotatable bonds is 11. The van der Waals surface area contributed by atoms with E-state index in [2.05, 4.69) is 4.98 Å². The van der Waals surface area contributed by atoms with Crippen LogP contribution in [0.3, 0.4) is 0 Å². The topological polar surface area (TPSA) is 190 Å². The number of halogens is 4. The van der Waals surface area contributed by atoms with Gasteiger partial charge in [0.25, 0.3) is 5.91 Å². The fourth-order valence-corrected chi connectivity index (χ4v) is 7.12. The third-order valence-electron chi connectivity index (χ3n) is 8.51. The van der Waals surface area contributed by atoms with E-state index in [4.69, 9.17) is 25.2 Å². The number of benzene rings is 3. The number of likely N-dealkylation sites (tertiary alicyclic amines) is 1. The molecule has 53 heavy (non-hydrogen) atoms. The Morgan fingerprint density at radius 3 is 2.32 bits per heavy atom. The minimum Gasteiger partial charge on any atom is -0.493 e. The molecular formula is C35H36F4N4O9S. The zero-order valence-electron chi connectivity index (χ0n) is 28.6. The summed E-state index contributed by atoms with van der Waals surface area (Å²) in [4.78, 5) is 41.6. The number of pyridine rings is 1. The molecule has 0 bridgehead atoms. The number of aromatic nitrogens is 1. The number of nitrogens with two attached hydrogens (primary N) is 1. The first-order valence-corrected chi connectivity index (χ1v) is 17.6. The summed E-state index contributed by atoms with van der Waals surface area (Å²) in [5, 5.41) is 20.1. The number of hydrogen-bond acceptors (Lipinski definition) is 10. The normalized spacial score (nSPS) is 16.3. The first-order chi connectivity index (χ1) is 25.0. The Hall–Kier alpha value is -5.49. The zero-order valence-corrected chi connectivity index (χ0v) is 29.4. The summed E-state index contributed by atoms with van der Waals surface area (Å²) in [6.45, 7) is 3.42. The van der Waals surface area contributed by atoms with Crippen molar-refractivity contribution in [2.45, 2.75) is 43.4 Å². The molecule has 3 atom stereocenters. The summed E-state index contributed by atoms with van der Waals surface area (Å²) >= 11 is 0. The number of ether oxygens (including phenoxy) is 2. The van der Waals surface area contributed by atoms with E-state index in [1.165, 1.54) is 37.1 Å². The standard InChI is InChI=1S/C33H35FN4O7S.C2HF3O2/c1-4-45-28-17-25(26(34)18-27(28)44-3)31(38(35)22-11-10-21-19-36-14-12-20(21)16-22)32(39)37-15-13-24(33(40)41)30(37)23-8-6-7-9-29(23)46(42,43)5-2;3-2(4,5)1(6)7/h6-12,14,16-19,24,30-31H,4-5,13,15,35H2,1-3H3,(H,40,41);(H,6,7)/t24-,30-,31+;/m0./s1. The maximum atomic E-state index is 16.0. The highest BCUT2D eigenvalue weighted by atomic mass is 32.2. The van der Waals surface area contributed by atoms with E-state index < -0.39 is 57.7 Å². The van der Waals surface area contributed by atoms with Crippen molar-refractivity contribution in [1.29, 1.82) is 0 Å². The molecule has 1 aromatic heterocycles. The largest absolute Gasteiger partial charge is 0.493 e. The molecule has 0 aliphatic carbocycles. The highest BCUT2D eigenvalue weighted by molar-refractivity contribution is 7.91. The van der Waals surface area contributed by atoms with E-state index in [-0.39, 0.29) is 52.8 Å². The van der Waals surface area contributed by atoms with Gasteiger partial charge in [0.05, 0.1) is 42.0 Å². The van der Waals surface area contributed by atoms with E-state index >= 15 is 4.39 Å². The van der Waals surface area contributed by atoms with Crippen LogP contribution < -0.4 is 20.3 Å². The van der Waals surface area contributed by atoms with Crippen LogP contribution >= 0.6 is 0 Å². The second kappa shape index (κ2) is 16.5. The van der Waals surface area contributed by atoms with Crippen molar-refractivity contribution in [2.24, 2.45) is 11.8 Å². The Balaban J connectivity index is 0.000000815. The Bertz CT molecular complexity index is 2100. The first kappa shape index (κ1) is 40.3. The van der Waals surface area contributed by atoms with Gasteiger partial charge in [0, 0.05) is 36.0 Å². The maximum absolute atomic E-state index is 16.0. The van der Waals surface area contributed by atoms with Crippen LogP contribution in [-0.2, 0) is 24.2 Å². The molecule has 3 aromatic carbocycles. The zero-order chi connectivity index (χ0) is 39.2. The number of hydrogen-bond donors (Lipinski definition) is 3. The van der Waals surface area contributed by atoms with Gasteiger partial charge in [0.15, 0.2) is 27.4 Å². The lowest BCUT2D eigenvalue weighted by Crippen LogP contribution is -2.47. The fourth-order valence-electron chi connectivity index (χ4n) is 5.97. The quantitative estimate of drug-likeness (QED) is 0.102. The molecule has 13 nitrogen and oxygen atoms in total. The fraction of sp³-hybridized carbons (Fsp3) is 0.314. The van der Waals surface area contributed by atoms with Crippen LogP contribution in [0.2, 0.25) is 0 Å². The van der Waals surface area contributed by atoms with Crippen molar-refractivity contribution in [3.63, 3.8) is 0 Å². The number of fused-ring (bicyclic) bond motifs is 1. The van der Waals surface area contributed by atoms with Crippen molar-refractivity contribution >= 4 is 44.1 Å². The minimum atomic E-state index is -5.08. The number of hydrazine groups is 1. The lowest BCUT2D eigenvalue weighted by Gasteiger charge is -2.36. The van der Waals surface area contributed by atoms with Crippen LogP contribution in [0, 0.1) is 11.7 Å². The molecule has 0 spiro atoms. The first-order valence-electron chi connectivity index (χ1n) is 16.0. The van der Waals surface area contributed by atoms with E-state index in [1.807, 2.05) is 0 Å². The average Bonchev–Trinajstić information content (AvgIpc) is 3.58. The molecule has 18 heteroatoms. The number of alkyl halides is 3. The SMILES string of the molecule is CCOc1cc([C@H](C(=O)N2CC[C@H](C(=O)O)[C@@H]2c2ccccc2S(=O)(=O)CC)N(N)c2ccc3cnccc3c2)c(F)cc1OC.O=C(O)C(F)(F)F. The summed E-state index contributed by atoms with van der Waals surface area (Å²) in [5.74, 6) is 0.172. The Kier molecular flexibility index (Phi) is 12.5. The van der Waals surface area contributed by atoms with Crippen LogP contribution in [0.15, 0.2) is 78.0 Å². The van der Waals surface area contributed by atoms with Gasteiger partial charge >= 0.3 is 18.1 Å². The van der Waals surface area contributed by atoms with Gasteiger partial charge < -0.3 is 24.6 Å². The number of sulfone groups is 1. The monoisotopic (exact) mass is 764 g/mol. The maximum Gasteiger partial charge on any atom is 0.490 e. The number of anilines is 1. The molecule has 0 saturated carbocycles. The molecular weight excluding hydrogens is 728 g/mol. The van der Waals surface area contributed by atoms with E-state index in [9.17, 15) is 36.3 Å². The van der Waals surface area contributed by atoms with E-state index in [1.54, 1.807) is 55.7 Å². The van der Waals surface area contributed by atoms with Gasteiger partial charge in [0.2, 0.25) is 0 Å². The van der Waals surface area contributed by atoms with Crippen molar-refractivity contribution < 1.29 is 60.0 Å². The van der Waals surface area contributed by atoms with E-state index in [0.717, 1.165) is 21.8 Å².